The molecule has 4 rings (SSSR count). The number of halogens is 1. The second kappa shape index (κ2) is 9.77. The molecule has 1 aromatic heterocycles. The van der Waals surface area contributed by atoms with Crippen LogP contribution in [0.5, 0.6) is 0 Å². The number of H-pyrrole nitrogens is 1. The Morgan fingerprint density at radius 2 is 1.83 bits per heavy atom. The molecule has 1 aliphatic rings. The zero-order valence-corrected chi connectivity index (χ0v) is 17.6. The number of hydrogen-bond donors (Lipinski definition) is 1. The van der Waals surface area contributed by atoms with Crippen LogP contribution >= 0.6 is 12.4 Å². The highest BCUT2D eigenvalue weighted by Crippen LogP contribution is 2.18. The number of pyridine rings is 1. The van der Waals surface area contributed by atoms with E-state index in [1.54, 1.807) is 6.07 Å². The molecular formula is C24H28ClN3O. The molecule has 1 N–H and O–H groups in total. The van der Waals surface area contributed by atoms with E-state index < -0.39 is 0 Å². The SMILES string of the molecule is Cc1cccc(N2CCN(CC/C=C/c3ccc4[nH]c(=O)ccc4c3)CC2)c1.Cl. The van der Waals surface area contributed by atoms with Crippen molar-refractivity contribution < 1.29 is 0 Å². The van der Waals surface area contributed by atoms with Gasteiger partial charge in [-0.2, -0.15) is 0 Å². The molecule has 4 nitrogen and oxygen atoms in total. The smallest absolute Gasteiger partial charge is 0.248 e. The fourth-order valence-corrected chi connectivity index (χ4v) is 3.81. The summed E-state index contributed by atoms with van der Waals surface area (Å²) >= 11 is 0. The van der Waals surface area contributed by atoms with Crippen LogP contribution in [-0.4, -0.2) is 42.6 Å². The number of piperazine rings is 1. The molecule has 2 heterocycles. The first-order valence-electron chi connectivity index (χ1n) is 10.0. The number of aromatic amines is 1. The van der Waals surface area contributed by atoms with E-state index in [1.165, 1.54) is 16.8 Å². The number of benzene rings is 2. The molecule has 1 saturated heterocycles. The first-order valence-corrected chi connectivity index (χ1v) is 10.0. The minimum absolute atomic E-state index is 0. The molecule has 152 valence electrons. The van der Waals surface area contributed by atoms with Crippen LogP contribution in [0.3, 0.4) is 0 Å². The number of nitrogens with zero attached hydrogens (tertiary/aromatic N) is 2. The van der Waals surface area contributed by atoms with Crippen molar-refractivity contribution in [2.24, 2.45) is 0 Å². The van der Waals surface area contributed by atoms with Gasteiger partial charge in [0.05, 0.1) is 0 Å². The van der Waals surface area contributed by atoms with Crippen molar-refractivity contribution in [2.75, 3.05) is 37.6 Å². The minimum Gasteiger partial charge on any atom is -0.369 e. The summed E-state index contributed by atoms with van der Waals surface area (Å²) in [7, 11) is 0. The van der Waals surface area contributed by atoms with Gasteiger partial charge in [-0.3, -0.25) is 9.69 Å². The summed E-state index contributed by atoms with van der Waals surface area (Å²) in [4.78, 5) is 19.3. The maximum atomic E-state index is 11.4. The van der Waals surface area contributed by atoms with Gasteiger partial charge in [-0.25, -0.2) is 0 Å². The lowest BCUT2D eigenvalue weighted by Gasteiger charge is -2.36. The van der Waals surface area contributed by atoms with Gasteiger partial charge in [0.1, 0.15) is 0 Å². The fraction of sp³-hybridized carbons (Fsp3) is 0.292. The predicted molar refractivity (Wildman–Crippen MR) is 125 cm³/mol. The van der Waals surface area contributed by atoms with Gasteiger partial charge >= 0.3 is 0 Å². The molecule has 0 spiro atoms. The molecule has 0 amide bonds. The minimum atomic E-state index is -0.0571. The zero-order valence-electron chi connectivity index (χ0n) is 16.8. The lowest BCUT2D eigenvalue weighted by atomic mass is 10.1. The van der Waals surface area contributed by atoms with Crippen molar-refractivity contribution in [2.45, 2.75) is 13.3 Å². The molecule has 1 fully saturated rings. The maximum absolute atomic E-state index is 11.4. The molecule has 5 heteroatoms. The molecule has 0 radical (unpaired) electrons. The second-order valence-corrected chi connectivity index (χ2v) is 7.53. The molecule has 0 saturated carbocycles. The van der Waals surface area contributed by atoms with Crippen molar-refractivity contribution in [3.8, 4) is 0 Å². The monoisotopic (exact) mass is 409 g/mol. The van der Waals surface area contributed by atoms with Crippen LogP contribution in [0.2, 0.25) is 0 Å². The number of anilines is 1. The Kier molecular flexibility index (Phi) is 7.13. The van der Waals surface area contributed by atoms with E-state index in [-0.39, 0.29) is 18.0 Å². The summed E-state index contributed by atoms with van der Waals surface area (Å²) in [5.41, 5.74) is 4.67. The number of nitrogens with one attached hydrogen (secondary N) is 1. The lowest BCUT2D eigenvalue weighted by molar-refractivity contribution is 0.263. The Balaban J connectivity index is 0.00000240. The molecule has 0 unspecified atom stereocenters. The summed E-state index contributed by atoms with van der Waals surface area (Å²) in [6.45, 7) is 7.67. The van der Waals surface area contributed by atoms with Crippen molar-refractivity contribution in [3.63, 3.8) is 0 Å². The van der Waals surface area contributed by atoms with Crippen molar-refractivity contribution in [1.29, 1.82) is 0 Å². The van der Waals surface area contributed by atoms with E-state index >= 15 is 0 Å². The predicted octanol–water partition coefficient (Wildman–Crippen LogP) is 4.48. The van der Waals surface area contributed by atoms with Crippen LogP contribution in [0, 0.1) is 6.92 Å². The average molecular weight is 410 g/mol. The fourth-order valence-electron chi connectivity index (χ4n) is 3.81. The first kappa shape index (κ1) is 21.2. The summed E-state index contributed by atoms with van der Waals surface area (Å²) in [5, 5.41) is 1.06. The van der Waals surface area contributed by atoms with E-state index in [9.17, 15) is 4.79 Å². The Labute approximate surface area is 178 Å². The Morgan fingerprint density at radius 1 is 1.00 bits per heavy atom. The van der Waals surface area contributed by atoms with E-state index in [0.717, 1.165) is 50.0 Å². The first-order chi connectivity index (χ1) is 13.7. The van der Waals surface area contributed by atoms with Gasteiger partial charge in [0.15, 0.2) is 0 Å². The van der Waals surface area contributed by atoms with Crippen molar-refractivity contribution >= 4 is 35.1 Å². The maximum Gasteiger partial charge on any atom is 0.248 e. The van der Waals surface area contributed by atoms with Crippen LogP contribution in [0.4, 0.5) is 5.69 Å². The third kappa shape index (κ3) is 5.49. The molecule has 3 aromatic rings. The van der Waals surface area contributed by atoms with Gasteiger partial charge in [-0.15, -0.1) is 12.4 Å². The second-order valence-electron chi connectivity index (χ2n) is 7.53. The Bertz CT molecular complexity index is 1040. The van der Waals surface area contributed by atoms with Crippen molar-refractivity contribution in [3.05, 3.63) is 82.2 Å². The number of aromatic nitrogens is 1. The Hall–Kier alpha value is -2.56. The largest absolute Gasteiger partial charge is 0.369 e. The summed E-state index contributed by atoms with van der Waals surface area (Å²) < 4.78 is 0. The summed E-state index contributed by atoms with van der Waals surface area (Å²) in [5.74, 6) is 0. The van der Waals surface area contributed by atoms with Gasteiger partial charge in [0, 0.05) is 50.0 Å². The lowest BCUT2D eigenvalue weighted by Crippen LogP contribution is -2.46. The third-order valence-corrected chi connectivity index (χ3v) is 5.41. The molecular weight excluding hydrogens is 382 g/mol. The van der Waals surface area contributed by atoms with Crippen LogP contribution in [0.25, 0.3) is 17.0 Å². The van der Waals surface area contributed by atoms with Crippen LogP contribution < -0.4 is 10.5 Å². The molecule has 2 aromatic carbocycles. The van der Waals surface area contributed by atoms with Crippen LogP contribution in [0.15, 0.2) is 65.5 Å². The Morgan fingerprint density at radius 3 is 2.62 bits per heavy atom. The summed E-state index contributed by atoms with van der Waals surface area (Å²) in [6, 6.07) is 18.4. The summed E-state index contributed by atoms with van der Waals surface area (Å²) in [6.07, 6.45) is 5.47. The quantitative estimate of drug-likeness (QED) is 0.675. The highest BCUT2D eigenvalue weighted by molar-refractivity contribution is 5.85. The zero-order chi connectivity index (χ0) is 19.3. The highest BCUT2D eigenvalue weighted by Gasteiger charge is 2.16. The van der Waals surface area contributed by atoms with E-state index in [4.69, 9.17) is 0 Å². The van der Waals surface area contributed by atoms with Gasteiger partial charge in [0.25, 0.3) is 0 Å². The van der Waals surface area contributed by atoms with Crippen LogP contribution in [-0.2, 0) is 0 Å². The normalized spacial score (nSPS) is 15.0. The molecule has 0 atom stereocenters. The average Bonchev–Trinajstić information content (AvgIpc) is 2.72. The van der Waals surface area contributed by atoms with Gasteiger partial charge in [-0.05, 0) is 60.2 Å². The van der Waals surface area contributed by atoms with Gasteiger partial charge < -0.3 is 9.88 Å². The topological polar surface area (TPSA) is 39.3 Å². The third-order valence-electron chi connectivity index (χ3n) is 5.41. The van der Waals surface area contributed by atoms with Gasteiger partial charge in [0.2, 0.25) is 5.56 Å². The van der Waals surface area contributed by atoms with E-state index in [0.29, 0.717) is 0 Å². The molecule has 29 heavy (non-hydrogen) atoms. The van der Waals surface area contributed by atoms with Gasteiger partial charge in [-0.1, -0.05) is 30.4 Å². The van der Waals surface area contributed by atoms with E-state index in [2.05, 4.69) is 70.3 Å². The molecule has 0 bridgehead atoms. The molecule has 1 aliphatic heterocycles. The van der Waals surface area contributed by atoms with Crippen molar-refractivity contribution in [1.82, 2.24) is 9.88 Å². The number of aryl methyl sites for hydroxylation is 1. The molecule has 0 aliphatic carbocycles. The number of hydrogen-bond acceptors (Lipinski definition) is 3. The standard InChI is InChI=1S/C24H27N3O.ClH/c1-19-5-4-7-22(17-19)27-15-13-26(14-16-27)12-3-2-6-20-8-10-23-21(18-20)9-11-24(28)25-23;/h2,4-11,17-18H,3,12-16H2,1H3,(H,25,28);1H/b6-2+;. The van der Waals surface area contributed by atoms with Crippen LogP contribution in [0.1, 0.15) is 17.5 Å². The highest BCUT2D eigenvalue weighted by atomic mass is 35.5. The number of fused-ring (bicyclic) bond motifs is 1. The number of rotatable bonds is 5. The van der Waals surface area contributed by atoms with E-state index in [1.807, 2.05) is 12.1 Å².